The molecule has 0 spiro atoms. The van der Waals surface area contributed by atoms with Crippen molar-refractivity contribution < 1.29 is 4.79 Å². The lowest BCUT2D eigenvalue weighted by Gasteiger charge is -2.05. The van der Waals surface area contributed by atoms with Crippen LogP contribution in [0.3, 0.4) is 0 Å². The second-order valence-corrected chi connectivity index (χ2v) is 5.45. The van der Waals surface area contributed by atoms with Gasteiger partial charge in [0.25, 0.3) is 0 Å². The molecule has 0 atom stereocenters. The van der Waals surface area contributed by atoms with Crippen LogP contribution >= 0.6 is 11.3 Å². The van der Waals surface area contributed by atoms with Gasteiger partial charge < -0.3 is 10.6 Å². The predicted octanol–water partition coefficient (Wildman–Crippen LogP) is 2.91. The third-order valence-electron chi connectivity index (χ3n) is 2.98. The summed E-state index contributed by atoms with van der Waals surface area (Å²) < 4.78 is 1.32. The number of fused-ring (bicyclic) bond motifs is 1. The van der Waals surface area contributed by atoms with E-state index >= 15 is 0 Å². The fraction of sp³-hybridized carbons (Fsp3) is 0.400. The van der Waals surface area contributed by atoms with E-state index in [1.807, 2.05) is 0 Å². The van der Waals surface area contributed by atoms with Gasteiger partial charge >= 0.3 is 0 Å². The van der Waals surface area contributed by atoms with Crippen molar-refractivity contribution in [2.24, 2.45) is 0 Å². The Balaban J connectivity index is 1.75. The quantitative estimate of drug-likeness (QED) is 0.763. The molecule has 1 aromatic carbocycles. The highest BCUT2D eigenvalue weighted by Crippen LogP contribution is 2.25. The van der Waals surface area contributed by atoms with Crippen molar-refractivity contribution in [3.8, 4) is 0 Å². The van der Waals surface area contributed by atoms with Crippen molar-refractivity contribution in [2.45, 2.75) is 26.3 Å². The first-order valence-electron chi connectivity index (χ1n) is 6.73. The van der Waals surface area contributed by atoms with E-state index in [9.17, 15) is 4.79 Å². The fourth-order valence-electron chi connectivity index (χ4n) is 1.95. The molecular formula is C15H20N2OS. The summed E-state index contributed by atoms with van der Waals surface area (Å²) in [4.78, 5) is 11.4. The van der Waals surface area contributed by atoms with E-state index in [0.29, 0.717) is 6.42 Å². The molecule has 1 amide bonds. The standard InChI is InChI=1S/C15H20N2OS/c1-2-8-17-15(18)7-9-16-10-12-11-19-14-6-4-3-5-13(12)14/h3-6,11,16H,2,7-10H2,1H3,(H,17,18). The SMILES string of the molecule is CCCNC(=O)CCNCc1csc2ccccc12. The Hall–Kier alpha value is -1.39. The average Bonchev–Trinajstić information content (AvgIpc) is 2.85. The molecule has 0 unspecified atom stereocenters. The molecule has 0 bridgehead atoms. The molecule has 0 saturated carbocycles. The van der Waals surface area contributed by atoms with Gasteiger partial charge in [0.1, 0.15) is 0 Å². The van der Waals surface area contributed by atoms with Crippen LogP contribution in [-0.2, 0) is 11.3 Å². The van der Waals surface area contributed by atoms with Crippen LogP contribution in [0.2, 0.25) is 0 Å². The highest BCUT2D eigenvalue weighted by atomic mass is 32.1. The van der Waals surface area contributed by atoms with Crippen LogP contribution in [0, 0.1) is 0 Å². The second kappa shape index (κ2) is 7.26. The van der Waals surface area contributed by atoms with Gasteiger partial charge in [-0.15, -0.1) is 11.3 Å². The van der Waals surface area contributed by atoms with Crippen molar-refractivity contribution in [1.82, 2.24) is 10.6 Å². The Kier molecular flexibility index (Phi) is 5.36. The van der Waals surface area contributed by atoms with E-state index < -0.39 is 0 Å². The first-order valence-corrected chi connectivity index (χ1v) is 7.61. The number of hydrogen-bond acceptors (Lipinski definition) is 3. The molecule has 2 rings (SSSR count). The number of hydrogen-bond donors (Lipinski definition) is 2. The fourth-order valence-corrected chi connectivity index (χ4v) is 2.91. The normalized spacial score (nSPS) is 10.8. The predicted molar refractivity (Wildman–Crippen MR) is 81.4 cm³/mol. The Morgan fingerprint density at radius 2 is 2.11 bits per heavy atom. The van der Waals surface area contributed by atoms with Crippen LogP contribution < -0.4 is 10.6 Å². The molecule has 0 aliphatic carbocycles. The molecule has 0 aliphatic heterocycles. The Labute approximate surface area is 118 Å². The molecule has 3 nitrogen and oxygen atoms in total. The monoisotopic (exact) mass is 276 g/mol. The summed E-state index contributed by atoms with van der Waals surface area (Å²) in [5.74, 6) is 0.129. The summed E-state index contributed by atoms with van der Waals surface area (Å²) >= 11 is 1.77. The van der Waals surface area contributed by atoms with E-state index in [1.54, 1.807) is 11.3 Å². The zero-order chi connectivity index (χ0) is 13.5. The third kappa shape index (κ3) is 4.04. The molecule has 2 aromatic rings. The molecule has 0 fully saturated rings. The number of thiophene rings is 1. The maximum absolute atomic E-state index is 11.4. The lowest BCUT2D eigenvalue weighted by molar-refractivity contribution is -0.120. The van der Waals surface area contributed by atoms with Gasteiger partial charge in [-0.05, 0) is 28.8 Å². The number of nitrogens with one attached hydrogen (secondary N) is 2. The van der Waals surface area contributed by atoms with Gasteiger partial charge in [0.15, 0.2) is 0 Å². The van der Waals surface area contributed by atoms with Gasteiger partial charge in [-0.1, -0.05) is 25.1 Å². The molecule has 0 aliphatic rings. The van der Waals surface area contributed by atoms with Crippen LogP contribution in [0.15, 0.2) is 29.6 Å². The van der Waals surface area contributed by atoms with Crippen LogP contribution in [0.25, 0.3) is 10.1 Å². The molecular weight excluding hydrogens is 256 g/mol. The third-order valence-corrected chi connectivity index (χ3v) is 3.99. The maximum Gasteiger partial charge on any atom is 0.221 e. The molecule has 1 heterocycles. The minimum Gasteiger partial charge on any atom is -0.356 e. The summed E-state index contributed by atoms with van der Waals surface area (Å²) in [6, 6.07) is 8.42. The molecule has 2 N–H and O–H groups in total. The first kappa shape index (κ1) is 14.0. The summed E-state index contributed by atoms with van der Waals surface area (Å²) in [5, 5.41) is 9.72. The molecule has 1 aromatic heterocycles. The van der Waals surface area contributed by atoms with Crippen LogP contribution in [-0.4, -0.2) is 19.0 Å². The lowest BCUT2D eigenvalue weighted by Crippen LogP contribution is -2.27. The molecule has 102 valence electrons. The van der Waals surface area contributed by atoms with Crippen LogP contribution in [0.1, 0.15) is 25.3 Å². The Morgan fingerprint density at radius 3 is 2.95 bits per heavy atom. The van der Waals surface area contributed by atoms with Crippen molar-refractivity contribution in [1.29, 1.82) is 0 Å². The Bertz CT molecular complexity index is 536. The van der Waals surface area contributed by atoms with Gasteiger partial charge in [-0.2, -0.15) is 0 Å². The lowest BCUT2D eigenvalue weighted by atomic mass is 10.2. The van der Waals surface area contributed by atoms with Crippen LogP contribution in [0.4, 0.5) is 0 Å². The zero-order valence-corrected chi connectivity index (χ0v) is 12.1. The van der Waals surface area contributed by atoms with E-state index in [2.05, 4.69) is 47.2 Å². The van der Waals surface area contributed by atoms with E-state index in [0.717, 1.165) is 26.1 Å². The molecule has 0 radical (unpaired) electrons. The number of amides is 1. The van der Waals surface area contributed by atoms with Crippen molar-refractivity contribution in [3.05, 3.63) is 35.2 Å². The van der Waals surface area contributed by atoms with Gasteiger partial charge in [-0.25, -0.2) is 0 Å². The van der Waals surface area contributed by atoms with Crippen molar-refractivity contribution >= 4 is 27.3 Å². The van der Waals surface area contributed by atoms with E-state index in [1.165, 1.54) is 15.6 Å². The highest BCUT2D eigenvalue weighted by Gasteiger charge is 2.03. The minimum atomic E-state index is 0.129. The largest absolute Gasteiger partial charge is 0.356 e. The van der Waals surface area contributed by atoms with Gasteiger partial charge in [-0.3, -0.25) is 4.79 Å². The van der Waals surface area contributed by atoms with E-state index in [4.69, 9.17) is 0 Å². The summed E-state index contributed by atoms with van der Waals surface area (Å²) in [7, 11) is 0. The maximum atomic E-state index is 11.4. The van der Waals surface area contributed by atoms with Crippen molar-refractivity contribution in [3.63, 3.8) is 0 Å². The molecule has 4 heteroatoms. The highest BCUT2D eigenvalue weighted by molar-refractivity contribution is 7.17. The summed E-state index contributed by atoms with van der Waals surface area (Å²) in [6.07, 6.45) is 1.53. The van der Waals surface area contributed by atoms with Gasteiger partial charge in [0, 0.05) is 30.8 Å². The van der Waals surface area contributed by atoms with Crippen molar-refractivity contribution in [2.75, 3.05) is 13.1 Å². The number of carbonyl (C=O) groups is 1. The number of benzene rings is 1. The molecule has 19 heavy (non-hydrogen) atoms. The summed E-state index contributed by atoms with van der Waals surface area (Å²) in [6.45, 7) is 4.37. The average molecular weight is 276 g/mol. The first-order chi connectivity index (χ1) is 9.31. The molecule has 0 saturated heterocycles. The summed E-state index contributed by atoms with van der Waals surface area (Å²) in [5.41, 5.74) is 1.31. The van der Waals surface area contributed by atoms with Crippen LogP contribution in [0.5, 0.6) is 0 Å². The van der Waals surface area contributed by atoms with Gasteiger partial charge in [0.2, 0.25) is 5.91 Å². The minimum absolute atomic E-state index is 0.129. The van der Waals surface area contributed by atoms with E-state index in [-0.39, 0.29) is 5.91 Å². The Morgan fingerprint density at radius 1 is 1.26 bits per heavy atom. The zero-order valence-electron chi connectivity index (χ0n) is 11.2. The number of carbonyl (C=O) groups excluding carboxylic acids is 1. The smallest absolute Gasteiger partial charge is 0.221 e. The topological polar surface area (TPSA) is 41.1 Å². The number of rotatable bonds is 7. The second-order valence-electron chi connectivity index (χ2n) is 4.53. The van der Waals surface area contributed by atoms with Gasteiger partial charge in [0.05, 0.1) is 0 Å².